The highest BCUT2D eigenvalue weighted by Gasteiger charge is 2.32. The molecule has 0 aliphatic carbocycles. The molecule has 0 bridgehead atoms. The van der Waals surface area contributed by atoms with Crippen molar-refractivity contribution in [2.45, 2.75) is 65.0 Å². The molecule has 6 nitrogen and oxygen atoms in total. The van der Waals surface area contributed by atoms with Crippen molar-refractivity contribution in [1.82, 2.24) is 14.8 Å². The molecule has 2 aromatic rings. The van der Waals surface area contributed by atoms with E-state index < -0.39 is 24.0 Å². The van der Waals surface area contributed by atoms with E-state index in [9.17, 15) is 13.2 Å². The van der Waals surface area contributed by atoms with Crippen LogP contribution < -0.4 is 10.2 Å². The van der Waals surface area contributed by atoms with Crippen molar-refractivity contribution in [3.05, 3.63) is 36.3 Å². The second-order valence-corrected chi connectivity index (χ2v) is 8.39. The van der Waals surface area contributed by atoms with E-state index >= 15 is 0 Å². The normalized spacial score (nSPS) is 13.6. The second-order valence-electron chi connectivity index (χ2n) is 8.39. The lowest BCUT2D eigenvalue weighted by Crippen LogP contribution is -2.44. The molecule has 30 heavy (non-hydrogen) atoms. The Morgan fingerprint density at radius 1 is 1.07 bits per heavy atom. The van der Waals surface area contributed by atoms with Gasteiger partial charge in [-0.05, 0) is 45.2 Å². The quantitative estimate of drug-likeness (QED) is 0.694. The minimum Gasteiger partial charge on any atom is -0.468 e. The SMILES string of the molecule is CC(C)(O)C(C)(C)O.[B]c1cnn(C(c2ccc(OCC(F)(F)F)nc2)C(C)C)c1. The summed E-state index contributed by atoms with van der Waals surface area (Å²) in [5, 5.41) is 22.4. The van der Waals surface area contributed by atoms with Crippen molar-refractivity contribution in [1.29, 1.82) is 0 Å². The highest BCUT2D eigenvalue weighted by Crippen LogP contribution is 2.26. The first kappa shape index (κ1) is 26.0. The van der Waals surface area contributed by atoms with Crippen LogP contribution in [-0.4, -0.2) is 56.8 Å². The topological polar surface area (TPSA) is 80.4 Å². The number of nitrogens with zero attached hydrogens (tertiary/aromatic N) is 3. The summed E-state index contributed by atoms with van der Waals surface area (Å²) in [6, 6.07) is 2.99. The Hall–Kier alpha value is -2.07. The van der Waals surface area contributed by atoms with Gasteiger partial charge in [0, 0.05) is 24.7 Å². The maximum absolute atomic E-state index is 12.1. The van der Waals surface area contributed by atoms with Crippen molar-refractivity contribution in [3.8, 4) is 5.88 Å². The Morgan fingerprint density at radius 2 is 1.63 bits per heavy atom. The lowest BCUT2D eigenvalue weighted by atomic mass is 9.90. The van der Waals surface area contributed by atoms with Gasteiger partial charge < -0.3 is 14.9 Å². The number of hydrogen-bond donors (Lipinski definition) is 2. The first-order valence-corrected chi connectivity index (χ1v) is 9.41. The number of halogens is 3. The average Bonchev–Trinajstić information content (AvgIpc) is 2.98. The van der Waals surface area contributed by atoms with Gasteiger partial charge in [0.1, 0.15) is 7.85 Å². The van der Waals surface area contributed by atoms with Crippen LogP contribution in [0.15, 0.2) is 30.7 Å². The standard InChI is InChI=1S/C14H15BF3N3O.C6H14O2/c1-9(2)13(21-7-11(15)6-20-21)10-3-4-12(19-5-10)22-8-14(16,17)18;1-5(2,7)6(3,4)8/h3-7,9,13H,8H2,1-2H3;7-8H,1-4H3. The fourth-order valence-corrected chi connectivity index (χ4v) is 2.16. The number of pyridine rings is 1. The molecule has 0 spiro atoms. The number of aliphatic hydroxyl groups is 2. The summed E-state index contributed by atoms with van der Waals surface area (Å²) >= 11 is 0. The van der Waals surface area contributed by atoms with Gasteiger partial charge in [-0.25, -0.2) is 4.98 Å². The van der Waals surface area contributed by atoms with Gasteiger partial charge in [-0.15, -0.1) is 0 Å². The first-order chi connectivity index (χ1) is 13.5. The van der Waals surface area contributed by atoms with Gasteiger partial charge in [-0.1, -0.05) is 19.3 Å². The van der Waals surface area contributed by atoms with Gasteiger partial charge in [-0.2, -0.15) is 18.3 Å². The largest absolute Gasteiger partial charge is 0.468 e. The van der Waals surface area contributed by atoms with E-state index in [2.05, 4.69) is 14.8 Å². The van der Waals surface area contributed by atoms with Crippen molar-refractivity contribution >= 4 is 13.3 Å². The Bertz CT molecular complexity index is 768. The van der Waals surface area contributed by atoms with Gasteiger partial charge >= 0.3 is 6.18 Å². The Morgan fingerprint density at radius 3 is 1.97 bits per heavy atom. The van der Waals surface area contributed by atoms with E-state index in [0.717, 1.165) is 5.56 Å². The van der Waals surface area contributed by atoms with Crippen LogP contribution >= 0.6 is 0 Å². The van der Waals surface area contributed by atoms with Crippen molar-refractivity contribution in [2.24, 2.45) is 5.92 Å². The lowest BCUT2D eigenvalue weighted by Gasteiger charge is -2.31. The maximum Gasteiger partial charge on any atom is 0.422 e. The third kappa shape index (κ3) is 8.35. The number of ether oxygens (including phenoxy) is 1. The number of alkyl halides is 3. The molecule has 1 unspecified atom stereocenters. The highest BCUT2D eigenvalue weighted by atomic mass is 19.4. The molecular weight excluding hydrogens is 398 g/mol. The molecule has 2 N–H and O–H groups in total. The van der Waals surface area contributed by atoms with Crippen LogP contribution in [0.1, 0.15) is 53.1 Å². The summed E-state index contributed by atoms with van der Waals surface area (Å²) in [4.78, 5) is 3.92. The zero-order valence-corrected chi connectivity index (χ0v) is 18.1. The monoisotopic (exact) mass is 427 g/mol. The molecule has 0 saturated heterocycles. The minimum atomic E-state index is -4.38. The molecule has 0 fully saturated rings. The molecular formula is C20H29BF3N3O3. The number of rotatable bonds is 6. The summed E-state index contributed by atoms with van der Waals surface area (Å²) in [5.74, 6) is 0.131. The van der Waals surface area contributed by atoms with Crippen molar-refractivity contribution < 1.29 is 28.1 Å². The predicted octanol–water partition coefficient (Wildman–Crippen LogP) is 2.79. The molecule has 0 aromatic carbocycles. The summed E-state index contributed by atoms with van der Waals surface area (Å²) < 4.78 is 42.6. The van der Waals surface area contributed by atoms with E-state index in [0.29, 0.717) is 5.46 Å². The van der Waals surface area contributed by atoms with Crippen LogP contribution in [0.2, 0.25) is 0 Å². The van der Waals surface area contributed by atoms with Crippen LogP contribution in [0, 0.1) is 5.92 Å². The van der Waals surface area contributed by atoms with Crippen molar-refractivity contribution in [3.63, 3.8) is 0 Å². The Balaban J connectivity index is 0.000000479. The Kier molecular flexibility index (Phi) is 8.51. The van der Waals surface area contributed by atoms with Crippen LogP contribution in [0.25, 0.3) is 0 Å². The van der Waals surface area contributed by atoms with Crippen LogP contribution in [0.5, 0.6) is 5.88 Å². The van der Waals surface area contributed by atoms with Gasteiger partial charge in [-0.3, -0.25) is 4.68 Å². The molecule has 10 heteroatoms. The molecule has 0 aliphatic rings. The van der Waals surface area contributed by atoms with E-state index in [1.165, 1.54) is 12.3 Å². The highest BCUT2D eigenvalue weighted by molar-refractivity contribution is 6.31. The molecule has 2 aromatic heterocycles. The summed E-state index contributed by atoms with van der Waals surface area (Å²) in [6.45, 7) is 8.97. The lowest BCUT2D eigenvalue weighted by molar-refractivity contribution is -0.154. The van der Waals surface area contributed by atoms with E-state index in [-0.39, 0.29) is 17.8 Å². The summed E-state index contributed by atoms with van der Waals surface area (Å²) in [6.07, 6.45) is 0.365. The molecule has 2 radical (unpaired) electrons. The zero-order chi connectivity index (χ0) is 23.3. The molecule has 1 atom stereocenters. The zero-order valence-electron chi connectivity index (χ0n) is 18.1. The third-order valence-corrected chi connectivity index (χ3v) is 4.52. The fourth-order valence-electron chi connectivity index (χ4n) is 2.16. The van der Waals surface area contributed by atoms with Crippen LogP contribution in [-0.2, 0) is 0 Å². The molecule has 0 aliphatic heterocycles. The van der Waals surface area contributed by atoms with Gasteiger partial charge in [0.25, 0.3) is 0 Å². The first-order valence-electron chi connectivity index (χ1n) is 9.41. The number of aromatic nitrogens is 3. The average molecular weight is 427 g/mol. The maximum atomic E-state index is 12.1. The van der Waals surface area contributed by atoms with Gasteiger partial charge in [0.05, 0.1) is 17.2 Å². The van der Waals surface area contributed by atoms with E-state index in [1.807, 2.05) is 13.8 Å². The van der Waals surface area contributed by atoms with E-state index in [4.69, 9.17) is 18.1 Å². The third-order valence-electron chi connectivity index (χ3n) is 4.52. The fraction of sp³-hybridized carbons (Fsp3) is 0.600. The minimum absolute atomic E-state index is 0.0661. The smallest absolute Gasteiger partial charge is 0.422 e. The van der Waals surface area contributed by atoms with E-state index in [1.54, 1.807) is 50.8 Å². The molecule has 0 saturated carbocycles. The van der Waals surface area contributed by atoms with Crippen LogP contribution in [0.4, 0.5) is 13.2 Å². The molecule has 2 heterocycles. The Labute approximate surface area is 176 Å². The van der Waals surface area contributed by atoms with Gasteiger partial charge in [0.15, 0.2) is 6.61 Å². The molecule has 166 valence electrons. The van der Waals surface area contributed by atoms with Crippen LogP contribution in [0.3, 0.4) is 0 Å². The van der Waals surface area contributed by atoms with Gasteiger partial charge in [0.2, 0.25) is 5.88 Å². The van der Waals surface area contributed by atoms with Crippen molar-refractivity contribution in [2.75, 3.05) is 6.61 Å². The predicted molar refractivity (Wildman–Crippen MR) is 109 cm³/mol. The molecule has 2 rings (SSSR count). The summed E-state index contributed by atoms with van der Waals surface area (Å²) in [7, 11) is 5.67. The summed E-state index contributed by atoms with van der Waals surface area (Å²) in [5.41, 5.74) is -0.652. The second kappa shape index (κ2) is 9.83. The molecule has 0 amide bonds. The number of hydrogen-bond acceptors (Lipinski definition) is 5.